The molecule has 2 aromatic heterocycles. The number of carbonyl (C=O) groups is 1. The Morgan fingerprint density at radius 1 is 1.08 bits per heavy atom. The maximum absolute atomic E-state index is 14.2. The van der Waals surface area contributed by atoms with Gasteiger partial charge in [-0.15, -0.1) is 0 Å². The fourth-order valence-electron chi connectivity index (χ4n) is 3.86. The number of amides is 1. The van der Waals surface area contributed by atoms with E-state index in [9.17, 15) is 22.4 Å². The van der Waals surface area contributed by atoms with Crippen molar-refractivity contribution in [2.24, 2.45) is 7.05 Å². The topological polar surface area (TPSA) is 56.0 Å². The molecule has 1 atom stereocenters. The molecule has 0 saturated heterocycles. The van der Waals surface area contributed by atoms with Crippen molar-refractivity contribution in [3.8, 4) is 5.69 Å². The number of carbonyl (C=O) groups excluding carboxylic acids is 1. The van der Waals surface area contributed by atoms with Crippen LogP contribution in [0.1, 0.15) is 40.3 Å². The Labute approximate surface area is 209 Å². The smallest absolute Gasteiger partial charge is 0.272 e. The molecule has 11 heteroatoms. The number of aromatic nitrogens is 4. The highest BCUT2D eigenvalue weighted by Gasteiger charge is 2.27. The predicted molar refractivity (Wildman–Crippen MR) is 128 cm³/mol. The second-order valence-corrected chi connectivity index (χ2v) is 9.23. The van der Waals surface area contributed by atoms with E-state index in [1.807, 2.05) is 20.0 Å². The lowest BCUT2D eigenvalue weighted by atomic mass is 10.1. The van der Waals surface area contributed by atoms with Gasteiger partial charge in [-0.3, -0.25) is 14.0 Å². The molecule has 0 fully saturated rings. The molecule has 36 heavy (non-hydrogen) atoms. The Kier molecular flexibility index (Phi) is 7.21. The largest absolute Gasteiger partial charge is 0.333 e. The average Bonchev–Trinajstić information content (AvgIpc) is 3.43. The molecule has 0 bridgehead atoms. The summed E-state index contributed by atoms with van der Waals surface area (Å²) < 4.78 is 58.8. The minimum Gasteiger partial charge on any atom is -0.333 e. The fraction of sp³-hybridized carbons (Fsp3) is 0.240. The molecule has 1 unspecified atom stereocenters. The van der Waals surface area contributed by atoms with E-state index in [1.54, 1.807) is 18.8 Å². The average molecular weight is 518 g/mol. The Bertz CT molecular complexity index is 1420. The second-order valence-electron chi connectivity index (χ2n) is 8.28. The van der Waals surface area contributed by atoms with Crippen molar-refractivity contribution in [3.05, 3.63) is 94.6 Å². The molecule has 0 N–H and O–H groups in total. The van der Waals surface area contributed by atoms with E-state index in [1.165, 1.54) is 39.9 Å². The quantitative estimate of drug-likeness (QED) is 0.182. The summed E-state index contributed by atoms with van der Waals surface area (Å²) in [5, 5.41) is 4.56. The van der Waals surface area contributed by atoms with E-state index >= 15 is 0 Å². The van der Waals surface area contributed by atoms with Crippen LogP contribution in [-0.4, -0.2) is 37.2 Å². The number of hydrogen-bond acceptors (Lipinski definition) is 4. The number of thioether (sulfide) groups is 1. The van der Waals surface area contributed by atoms with Crippen LogP contribution >= 0.6 is 11.8 Å². The fourth-order valence-corrected chi connectivity index (χ4v) is 4.86. The zero-order valence-corrected chi connectivity index (χ0v) is 20.8. The predicted octanol–water partition coefficient (Wildman–Crippen LogP) is 5.60. The van der Waals surface area contributed by atoms with E-state index in [2.05, 4.69) is 10.1 Å². The first-order chi connectivity index (χ1) is 17.1. The molecule has 6 nitrogen and oxygen atoms in total. The third kappa shape index (κ3) is 4.88. The molecule has 0 aliphatic heterocycles. The molecule has 2 aromatic carbocycles. The van der Waals surface area contributed by atoms with Crippen molar-refractivity contribution in [1.29, 1.82) is 0 Å². The van der Waals surface area contributed by atoms with Gasteiger partial charge in [-0.05, 0) is 50.2 Å². The molecule has 0 radical (unpaired) electrons. The van der Waals surface area contributed by atoms with Crippen molar-refractivity contribution < 1.29 is 22.4 Å². The van der Waals surface area contributed by atoms with Crippen molar-refractivity contribution in [2.45, 2.75) is 30.8 Å². The van der Waals surface area contributed by atoms with Crippen LogP contribution in [-0.2, 0) is 12.8 Å². The zero-order chi connectivity index (χ0) is 26.1. The standard InChI is InChI=1S/C25H23F4N5OS/c1-14-18(12-32(3)31-14)15(2)33(4)24(35)22-11-30-25(34(22)17-7-5-16(26)6-8-17)36-13-19-20(27)9-10-21(28)23(19)29/h5-12,15H,13H2,1-4H3. The maximum Gasteiger partial charge on any atom is 0.272 e. The van der Waals surface area contributed by atoms with Gasteiger partial charge in [-0.1, -0.05) is 11.8 Å². The van der Waals surface area contributed by atoms with Crippen molar-refractivity contribution in [1.82, 2.24) is 24.2 Å². The van der Waals surface area contributed by atoms with Crippen LogP contribution in [0.4, 0.5) is 17.6 Å². The number of rotatable bonds is 7. The highest BCUT2D eigenvalue weighted by molar-refractivity contribution is 7.98. The first kappa shape index (κ1) is 25.5. The van der Waals surface area contributed by atoms with Gasteiger partial charge in [0.05, 0.1) is 17.9 Å². The molecule has 1 amide bonds. The lowest BCUT2D eigenvalue weighted by Gasteiger charge is -2.25. The monoisotopic (exact) mass is 517 g/mol. The van der Waals surface area contributed by atoms with Gasteiger partial charge in [0.15, 0.2) is 16.8 Å². The summed E-state index contributed by atoms with van der Waals surface area (Å²) in [4.78, 5) is 19.4. The van der Waals surface area contributed by atoms with Crippen molar-refractivity contribution in [3.63, 3.8) is 0 Å². The summed E-state index contributed by atoms with van der Waals surface area (Å²) in [6.45, 7) is 3.72. The van der Waals surface area contributed by atoms with Gasteiger partial charge < -0.3 is 4.90 Å². The molecule has 0 spiro atoms. The Hall–Kier alpha value is -3.60. The van der Waals surface area contributed by atoms with Gasteiger partial charge >= 0.3 is 0 Å². The molecule has 0 saturated carbocycles. The molecular weight excluding hydrogens is 494 g/mol. The van der Waals surface area contributed by atoms with Crippen LogP contribution in [0.3, 0.4) is 0 Å². The van der Waals surface area contributed by atoms with E-state index in [4.69, 9.17) is 0 Å². The third-order valence-electron chi connectivity index (χ3n) is 5.92. The first-order valence-corrected chi connectivity index (χ1v) is 11.9. The number of aryl methyl sites for hydroxylation is 2. The minimum absolute atomic E-state index is 0.167. The van der Waals surface area contributed by atoms with Crippen LogP contribution in [0, 0.1) is 30.2 Å². The SMILES string of the molecule is Cc1nn(C)cc1C(C)N(C)C(=O)c1cnc(SCc2c(F)ccc(F)c2F)n1-c1ccc(F)cc1. The van der Waals surface area contributed by atoms with E-state index in [-0.39, 0.29) is 28.6 Å². The van der Waals surface area contributed by atoms with Crippen molar-refractivity contribution in [2.75, 3.05) is 7.05 Å². The van der Waals surface area contributed by atoms with Crippen LogP contribution in [0.15, 0.2) is 53.9 Å². The molecule has 4 aromatic rings. The minimum atomic E-state index is -1.28. The Morgan fingerprint density at radius 2 is 1.75 bits per heavy atom. The molecular formula is C25H23F4N5OS. The van der Waals surface area contributed by atoms with Gasteiger partial charge in [0.25, 0.3) is 5.91 Å². The third-order valence-corrected chi connectivity index (χ3v) is 6.90. The first-order valence-electron chi connectivity index (χ1n) is 10.9. The number of imidazole rings is 1. The summed E-state index contributed by atoms with van der Waals surface area (Å²) in [5.74, 6) is -4.45. The molecule has 2 heterocycles. The van der Waals surface area contributed by atoms with Gasteiger partial charge in [-0.2, -0.15) is 5.10 Å². The van der Waals surface area contributed by atoms with Crippen molar-refractivity contribution >= 4 is 17.7 Å². The van der Waals surface area contributed by atoms with Gasteiger partial charge in [0.1, 0.15) is 17.3 Å². The Morgan fingerprint density at radius 3 is 2.39 bits per heavy atom. The zero-order valence-electron chi connectivity index (χ0n) is 20.0. The molecule has 4 rings (SSSR count). The lowest BCUT2D eigenvalue weighted by Crippen LogP contribution is -2.31. The second kappa shape index (κ2) is 10.2. The van der Waals surface area contributed by atoms with Crippen LogP contribution in [0.2, 0.25) is 0 Å². The summed E-state index contributed by atoms with van der Waals surface area (Å²) in [5.41, 5.74) is 1.80. The highest BCUT2D eigenvalue weighted by atomic mass is 32.2. The highest BCUT2D eigenvalue weighted by Crippen LogP contribution is 2.31. The summed E-state index contributed by atoms with van der Waals surface area (Å²) >= 11 is 0.924. The van der Waals surface area contributed by atoms with Gasteiger partial charge in [0.2, 0.25) is 0 Å². The molecule has 188 valence electrons. The maximum atomic E-state index is 14.2. The number of hydrogen-bond donors (Lipinski definition) is 0. The van der Waals surface area contributed by atoms with E-state index in [0.29, 0.717) is 5.69 Å². The summed E-state index contributed by atoms with van der Waals surface area (Å²) in [6, 6.07) is 6.65. The van der Waals surface area contributed by atoms with Crippen LogP contribution < -0.4 is 0 Å². The van der Waals surface area contributed by atoms with E-state index < -0.39 is 28.8 Å². The lowest BCUT2D eigenvalue weighted by molar-refractivity contribution is 0.0733. The van der Waals surface area contributed by atoms with E-state index in [0.717, 1.165) is 35.2 Å². The number of benzene rings is 2. The number of nitrogens with zero attached hydrogens (tertiary/aromatic N) is 5. The van der Waals surface area contributed by atoms with Crippen LogP contribution in [0.5, 0.6) is 0 Å². The summed E-state index contributed by atoms with van der Waals surface area (Å²) in [7, 11) is 3.44. The molecule has 0 aliphatic rings. The number of halogens is 4. The van der Waals surface area contributed by atoms with Gasteiger partial charge in [-0.25, -0.2) is 22.5 Å². The summed E-state index contributed by atoms with van der Waals surface area (Å²) in [6.07, 6.45) is 3.19. The molecule has 0 aliphatic carbocycles. The van der Waals surface area contributed by atoms with Gasteiger partial charge in [0, 0.05) is 42.9 Å². The van der Waals surface area contributed by atoms with Crippen LogP contribution in [0.25, 0.3) is 5.69 Å². The Balaban J connectivity index is 1.70. The normalized spacial score (nSPS) is 12.1.